The second-order valence-electron chi connectivity index (χ2n) is 5.22. The molecule has 0 radical (unpaired) electrons. The summed E-state index contributed by atoms with van der Waals surface area (Å²) in [5, 5.41) is 4.28. The van der Waals surface area contributed by atoms with E-state index in [2.05, 4.69) is 41.5 Å². The number of methoxy groups -OCH3 is 1. The topological polar surface area (TPSA) is 47.0 Å². The average Bonchev–Trinajstić information content (AvgIpc) is 2.86. The minimum absolute atomic E-state index is 0.396. The molecule has 4 nitrogen and oxygen atoms in total. The largest absolute Gasteiger partial charge is 0.497 e. The first-order chi connectivity index (χ1) is 9.58. The van der Waals surface area contributed by atoms with Crippen molar-refractivity contribution in [2.24, 2.45) is 5.92 Å². The molecule has 5 heteroatoms. The Morgan fingerprint density at radius 2 is 2.10 bits per heavy atom. The van der Waals surface area contributed by atoms with Crippen LogP contribution in [0.15, 0.2) is 24.3 Å². The molecule has 1 N–H and O–H groups in total. The van der Waals surface area contributed by atoms with E-state index < -0.39 is 0 Å². The highest BCUT2D eigenvalue weighted by molar-refractivity contribution is 7.09. The molecule has 1 aromatic carbocycles. The van der Waals surface area contributed by atoms with Gasteiger partial charge in [0.2, 0.25) is 5.13 Å². The monoisotopic (exact) mass is 291 g/mol. The summed E-state index contributed by atoms with van der Waals surface area (Å²) in [4.78, 5) is 4.54. The van der Waals surface area contributed by atoms with Crippen LogP contribution in [-0.4, -0.2) is 22.5 Å². The second kappa shape index (κ2) is 6.70. The third-order valence-electron chi connectivity index (χ3n) is 3.32. The lowest BCUT2D eigenvalue weighted by molar-refractivity contribution is 0.414. The van der Waals surface area contributed by atoms with E-state index in [-0.39, 0.29) is 0 Å². The Morgan fingerprint density at radius 1 is 1.30 bits per heavy atom. The summed E-state index contributed by atoms with van der Waals surface area (Å²) in [5.41, 5.74) is 1.16. The number of nitrogens with one attached hydrogen (secondary N) is 1. The Hall–Kier alpha value is -1.62. The summed E-state index contributed by atoms with van der Waals surface area (Å²) in [5.74, 6) is 2.28. The van der Waals surface area contributed by atoms with Crippen molar-refractivity contribution in [2.45, 2.75) is 33.2 Å². The van der Waals surface area contributed by atoms with E-state index in [4.69, 9.17) is 4.74 Å². The zero-order valence-electron chi connectivity index (χ0n) is 12.4. The second-order valence-corrected chi connectivity index (χ2v) is 5.97. The Labute approximate surface area is 124 Å². The molecule has 0 saturated heterocycles. The van der Waals surface area contributed by atoms with Gasteiger partial charge in [-0.1, -0.05) is 26.0 Å². The standard InChI is InChI=1S/C15H21N3OS/c1-10(2)11(3)16-15-17-14(18-20-15)9-12-6-5-7-13(8-12)19-4/h5-8,10-11H,9H2,1-4H3,(H,16,17,18). The minimum atomic E-state index is 0.396. The van der Waals surface area contributed by atoms with Gasteiger partial charge in [0, 0.05) is 24.0 Å². The van der Waals surface area contributed by atoms with Crippen molar-refractivity contribution in [3.8, 4) is 5.75 Å². The van der Waals surface area contributed by atoms with Gasteiger partial charge in [-0.3, -0.25) is 0 Å². The quantitative estimate of drug-likeness (QED) is 0.883. The molecule has 1 heterocycles. The molecule has 1 unspecified atom stereocenters. The molecule has 0 amide bonds. The summed E-state index contributed by atoms with van der Waals surface area (Å²) < 4.78 is 9.63. The number of nitrogens with zero attached hydrogens (tertiary/aromatic N) is 2. The maximum Gasteiger partial charge on any atom is 0.202 e. The summed E-state index contributed by atoms with van der Waals surface area (Å²) in [6.45, 7) is 6.54. The molecular weight excluding hydrogens is 270 g/mol. The van der Waals surface area contributed by atoms with E-state index in [9.17, 15) is 0 Å². The van der Waals surface area contributed by atoms with Crippen molar-refractivity contribution in [3.05, 3.63) is 35.7 Å². The maximum atomic E-state index is 5.23. The van der Waals surface area contributed by atoms with Crippen LogP contribution in [0.5, 0.6) is 5.75 Å². The molecule has 2 aromatic rings. The van der Waals surface area contributed by atoms with Gasteiger partial charge in [0.25, 0.3) is 0 Å². The SMILES string of the molecule is COc1cccc(Cc2nsc(NC(C)C(C)C)n2)c1. The fraction of sp³-hybridized carbons (Fsp3) is 0.467. The van der Waals surface area contributed by atoms with Crippen molar-refractivity contribution in [1.82, 2.24) is 9.36 Å². The van der Waals surface area contributed by atoms with Gasteiger partial charge in [0.1, 0.15) is 11.6 Å². The molecule has 0 spiro atoms. The van der Waals surface area contributed by atoms with Crippen LogP contribution in [0.1, 0.15) is 32.2 Å². The molecular formula is C15H21N3OS. The lowest BCUT2D eigenvalue weighted by Gasteiger charge is -2.15. The van der Waals surface area contributed by atoms with Crippen LogP contribution in [0.4, 0.5) is 5.13 Å². The van der Waals surface area contributed by atoms with Crippen LogP contribution < -0.4 is 10.1 Å². The molecule has 0 bridgehead atoms. The smallest absolute Gasteiger partial charge is 0.202 e. The fourth-order valence-corrected chi connectivity index (χ4v) is 2.39. The molecule has 0 aliphatic carbocycles. The molecule has 0 fully saturated rings. The van der Waals surface area contributed by atoms with Crippen molar-refractivity contribution in [1.29, 1.82) is 0 Å². The first kappa shape index (κ1) is 14.8. The van der Waals surface area contributed by atoms with E-state index in [1.165, 1.54) is 11.5 Å². The predicted molar refractivity (Wildman–Crippen MR) is 83.6 cm³/mol. The number of rotatable bonds is 6. The van der Waals surface area contributed by atoms with Gasteiger partial charge in [-0.25, -0.2) is 4.98 Å². The Balaban J connectivity index is 2.02. The van der Waals surface area contributed by atoms with E-state index in [1.807, 2.05) is 18.2 Å². The van der Waals surface area contributed by atoms with Crippen molar-refractivity contribution in [3.63, 3.8) is 0 Å². The van der Waals surface area contributed by atoms with Crippen LogP contribution in [-0.2, 0) is 6.42 Å². The van der Waals surface area contributed by atoms with Crippen LogP contribution in [0.3, 0.4) is 0 Å². The van der Waals surface area contributed by atoms with Gasteiger partial charge in [0.05, 0.1) is 7.11 Å². The van der Waals surface area contributed by atoms with E-state index >= 15 is 0 Å². The van der Waals surface area contributed by atoms with Gasteiger partial charge in [-0.15, -0.1) is 0 Å². The zero-order chi connectivity index (χ0) is 14.5. The number of benzene rings is 1. The van der Waals surface area contributed by atoms with Gasteiger partial charge >= 0.3 is 0 Å². The summed E-state index contributed by atoms with van der Waals surface area (Å²) in [7, 11) is 1.68. The van der Waals surface area contributed by atoms with Gasteiger partial charge in [-0.05, 0) is 30.5 Å². The third kappa shape index (κ3) is 3.93. The Bertz CT molecular complexity index is 554. The van der Waals surface area contributed by atoms with Crippen LogP contribution in [0.25, 0.3) is 0 Å². The molecule has 1 atom stereocenters. The van der Waals surface area contributed by atoms with Crippen LogP contribution in [0.2, 0.25) is 0 Å². The number of hydrogen-bond acceptors (Lipinski definition) is 5. The Morgan fingerprint density at radius 3 is 2.80 bits per heavy atom. The average molecular weight is 291 g/mol. The van der Waals surface area contributed by atoms with Gasteiger partial charge in [-0.2, -0.15) is 4.37 Å². The van der Waals surface area contributed by atoms with Gasteiger partial charge in [0.15, 0.2) is 0 Å². The molecule has 0 saturated carbocycles. The zero-order valence-corrected chi connectivity index (χ0v) is 13.2. The number of ether oxygens (including phenoxy) is 1. The molecule has 20 heavy (non-hydrogen) atoms. The lowest BCUT2D eigenvalue weighted by atomic mass is 10.1. The molecule has 1 aromatic heterocycles. The van der Waals surface area contributed by atoms with Crippen molar-refractivity contribution >= 4 is 16.7 Å². The number of hydrogen-bond donors (Lipinski definition) is 1. The van der Waals surface area contributed by atoms with Crippen LogP contribution in [0, 0.1) is 5.92 Å². The lowest BCUT2D eigenvalue weighted by Crippen LogP contribution is -2.21. The highest BCUT2D eigenvalue weighted by atomic mass is 32.1. The van der Waals surface area contributed by atoms with E-state index in [1.54, 1.807) is 7.11 Å². The molecule has 0 aliphatic heterocycles. The molecule has 0 aliphatic rings. The predicted octanol–water partition coefficient (Wildman–Crippen LogP) is 3.59. The minimum Gasteiger partial charge on any atom is -0.497 e. The fourth-order valence-electron chi connectivity index (χ4n) is 1.71. The molecule has 108 valence electrons. The first-order valence-electron chi connectivity index (χ1n) is 6.80. The normalized spacial score (nSPS) is 12.4. The summed E-state index contributed by atoms with van der Waals surface area (Å²) in [6, 6.07) is 8.40. The molecule has 2 rings (SSSR count). The highest BCUT2D eigenvalue weighted by Crippen LogP contribution is 2.19. The number of aromatic nitrogens is 2. The summed E-state index contributed by atoms with van der Waals surface area (Å²) >= 11 is 1.42. The summed E-state index contributed by atoms with van der Waals surface area (Å²) in [6.07, 6.45) is 0.728. The van der Waals surface area contributed by atoms with E-state index in [0.29, 0.717) is 12.0 Å². The highest BCUT2D eigenvalue weighted by Gasteiger charge is 2.10. The third-order valence-corrected chi connectivity index (χ3v) is 4.00. The van der Waals surface area contributed by atoms with Crippen LogP contribution >= 0.6 is 11.5 Å². The first-order valence-corrected chi connectivity index (χ1v) is 7.58. The Kier molecular flexibility index (Phi) is 4.95. The van der Waals surface area contributed by atoms with E-state index in [0.717, 1.165) is 28.7 Å². The van der Waals surface area contributed by atoms with Gasteiger partial charge < -0.3 is 10.1 Å². The van der Waals surface area contributed by atoms with Crippen molar-refractivity contribution in [2.75, 3.05) is 12.4 Å². The number of anilines is 1. The maximum absolute atomic E-state index is 5.23. The van der Waals surface area contributed by atoms with Crippen molar-refractivity contribution < 1.29 is 4.74 Å².